The highest BCUT2D eigenvalue weighted by Crippen LogP contribution is 2.33. The monoisotopic (exact) mass is 594 g/mol. The fraction of sp³-hybridized carbons (Fsp3) is 0.152. The van der Waals surface area contributed by atoms with Crippen LogP contribution in [0.5, 0.6) is 11.5 Å². The molecule has 0 bridgehead atoms. The van der Waals surface area contributed by atoms with Gasteiger partial charge in [0.25, 0.3) is 17.7 Å². The Balaban J connectivity index is 1.42. The third-order valence-corrected chi connectivity index (χ3v) is 6.86. The molecule has 3 amide bonds. The van der Waals surface area contributed by atoms with Gasteiger partial charge in [0, 0.05) is 54.3 Å². The molecule has 4 aromatic rings. The second kappa shape index (κ2) is 13.0. The van der Waals surface area contributed by atoms with Gasteiger partial charge in [-0.2, -0.15) is 0 Å². The van der Waals surface area contributed by atoms with Crippen LogP contribution >= 0.6 is 0 Å². The Bertz CT molecular complexity index is 1720. The zero-order chi connectivity index (χ0) is 31.2. The average molecular weight is 595 g/mol. The molecule has 0 radical (unpaired) electrons. The molecule has 1 aliphatic heterocycles. The van der Waals surface area contributed by atoms with E-state index in [-0.39, 0.29) is 35.7 Å². The minimum absolute atomic E-state index is 0.0325. The van der Waals surface area contributed by atoms with Crippen LogP contribution in [0.15, 0.2) is 91.0 Å². The Labute approximate surface area is 253 Å². The van der Waals surface area contributed by atoms with E-state index >= 15 is 0 Å². The maximum Gasteiger partial charge on any atom is 0.326 e. The van der Waals surface area contributed by atoms with Crippen molar-refractivity contribution in [3.05, 3.63) is 113 Å². The number of carboxylic acids is 1. The van der Waals surface area contributed by atoms with Crippen LogP contribution in [-0.2, 0) is 11.2 Å². The molecule has 11 nitrogen and oxygen atoms in total. The van der Waals surface area contributed by atoms with E-state index in [1.54, 1.807) is 54.6 Å². The van der Waals surface area contributed by atoms with E-state index in [2.05, 4.69) is 16.0 Å². The number of hydrogen-bond acceptors (Lipinski definition) is 7. The molecule has 44 heavy (non-hydrogen) atoms. The second-order valence-electron chi connectivity index (χ2n) is 10.3. The number of benzene rings is 4. The van der Waals surface area contributed by atoms with Gasteiger partial charge in [-0.25, -0.2) is 4.79 Å². The highest BCUT2D eigenvalue weighted by Gasteiger charge is 2.23. The van der Waals surface area contributed by atoms with Gasteiger partial charge in [-0.15, -0.1) is 0 Å². The van der Waals surface area contributed by atoms with Gasteiger partial charge in [0.05, 0.1) is 0 Å². The summed E-state index contributed by atoms with van der Waals surface area (Å²) in [6, 6.07) is 23.7. The Morgan fingerprint density at radius 2 is 1.39 bits per heavy atom. The van der Waals surface area contributed by atoms with Gasteiger partial charge in [-0.3, -0.25) is 14.4 Å². The number of aliphatic carboxylic acids is 1. The first-order valence-corrected chi connectivity index (χ1v) is 13.7. The number of anilines is 3. The molecule has 0 saturated carbocycles. The summed E-state index contributed by atoms with van der Waals surface area (Å²) < 4.78 is 10.7. The number of carbonyl (C=O) groups is 4. The molecule has 11 heteroatoms. The summed E-state index contributed by atoms with van der Waals surface area (Å²) in [5.41, 5.74) is 2.67. The molecule has 0 spiro atoms. The predicted molar refractivity (Wildman–Crippen MR) is 165 cm³/mol. The number of hydrogen-bond donors (Lipinski definition) is 4. The number of rotatable bonds is 10. The molecule has 1 atom stereocenters. The minimum Gasteiger partial charge on any atom is -0.480 e. The molecule has 5 rings (SSSR count). The summed E-state index contributed by atoms with van der Waals surface area (Å²) in [4.78, 5) is 53.6. The fourth-order valence-corrected chi connectivity index (χ4v) is 4.56. The summed E-state index contributed by atoms with van der Waals surface area (Å²) in [6.45, 7) is 0.0552. The van der Waals surface area contributed by atoms with Gasteiger partial charge in [0.2, 0.25) is 6.79 Å². The molecular weight excluding hydrogens is 564 g/mol. The van der Waals surface area contributed by atoms with Gasteiger partial charge in [-0.1, -0.05) is 36.4 Å². The lowest BCUT2D eigenvalue weighted by molar-refractivity contribution is -0.139. The summed E-state index contributed by atoms with van der Waals surface area (Å²) in [5.74, 6) is -1.89. The van der Waals surface area contributed by atoms with Crippen molar-refractivity contribution in [2.45, 2.75) is 12.5 Å². The van der Waals surface area contributed by atoms with Crippen LogP contribution in [0, 0.1) is 0 Å². The predicted octanol–water partition coefficient (Wildman–Crippen LogP) is 4.41. The van der Waals surface area contributed by atoms with Crippen molar-refractivity contribution in [3.63, 3.8) is 0 Å². The quantitative estimate of drug-likeness (QED) is 0.211. The third-order valence-electron chi connectivity index (χ3n) is 6.86. The molecule has 1 aliphatic rings. The summed E-state index contributed by atoms with van der Waals surface area (Å²) in [6.07, 6.45) is 0.0638. The van der Waals surface area contributed by atoms with Crippen LogP contribution < -0.4 is 30.3 Å². The van der Waals surface area contributed by atoms with Crippen LogP contribution in [-0.4, -0.2) is 55.7 Å². The zero-order valence-corrected chi connectivity index (χ0v) is 24.0. The number of carbonyl (C=O) groups excluding carboxylic acids is 3. The van der Waals surface area contributed by atoms with Crippen LogP contribution in [0.3, 0.4) is 0 Å². The largest absolute Gasteiger partial charge is 0.480 e. The maximum absolute atomic E-state index is 13.4. The Kier molecular flexibility index (Phi) is 8.75. The lowest BCUT2D eigenvalue weighted by Crippen LogP contribution is -2.42. The molecule has 0 fully saturated rings. The molecule has 224 valence electrons. The van der Waals surface area contributed by atoms with Crippen LogP contribution in [0.1, 0.15) is 36.6 Å². The van der Waals surface area contributed by atoms with Gasteiger partial charge in [-0.05, 0) is 60.2 Å². The van der Waals surface area contributed by atoms with Gasteiger partial charge in [0.1, 0.15) is 6.04 Å². The molecule has 0 saturated heterocycles. The first-order valence-electron chi connectivity index (χ1n) is 13.7. The molecular formula is C33H30N4O7. The van der Waals surface area contributed by atoms with Gasteiger partial charge in [0.15, 0.2) is 11.5 Å². The van der Waals surface area contributed by atoms with Crippen molar-refractivity contribution in [2.24, 2.45) is 0 Å². The van der Waals surface area contributed by atoms with E-state index in [0.29, 0.717) is 17.1 Å². The summed E-state index contributed by atoms with van der Waals surface area (Å²) in [5, 5.41) is 17.9. The summed E-state index contributed by atoms with van der Waals surface area (Å²) >= 11 is 0. The molecule has 0 unspecified atom stereocenters. The lowest BCUT2D eigenvalue weighted by atomic mass is 10.0. The van der Waals surface area contributed by atoms with Crippen molar-refractivity contribution in [3.8, 4) is 11.5 Å². The number of carboxylic acid groups (broad SMARTS) is 1. The number of fused-ring (bicyclic) bond motifs is 1. The van der Waals surface area contributed by atoms with Crippen molar-refractivity contribution < 1.29 is 33.8 Å². The number of amides is 3. The standard InChI is InChI=1S/C33H30N4O7/c1-37(2)26-10-6-9-21(16-26)30(38)34-24-14-23(32(40)36-27(33(41)42)13-20-7-4-3-5-8-20)15-25(18-24)35-31(39)22-11-12-28-29(17-22)44-19-43-28/h3-12,14-18,27H,13,19H2,1-2H3,(H,34,38)(H,35,39)(H,36,40)(H,41,42)/t27-/m0/s1. The van der Waals surface area contributed by atoms with Crippen molar-refractivity contribution in [1.82, 2.24) is 5.32 Å². The molecule has 4 aromatic carbocycles. The van der Waals surface area contributed by atoms with Crippen LogP contribution in [0.2, 0.25) is 0 Å². The zero-order valence-electron chi connectivity index (χ0n) is 24.0. The van der Waals surface area contributed by atoms with E-state index < -0.39 is 29.7 Å². The van der Waals surface area contributed by atoms with E-state index in [0.717, 1.165) is 11.3 Å². The fourth-order valence-electron chi connectivity index (χ4n) is 4.56. The van der Waals surface area contributed by atoms with Crippen LogP contribution in [0.25, 0.3) is 0 Å². The first kappa shape index (κ1) is 29.6. The first-order chi connectivity index (χ1) is 21.2. The summed E-state index contributed by atoms with van der Waals surface area (Å²) in [7, 11) is 3.72. The second-order valence-corrected chi connectivity index (χ2v) is 10.3. The van der Waals surface area contributed by atoms with E-state index in [4.69, 9.17) is 9.47 Å². The molecule has 4 N–H and O–H groups in total. The molecule has 0 aromatic heterocycles. The van der Waals surface area contributed by atoms with Crippen molar-refractivity contribution >= 4 is 40.8 Å². The SMILES string of the molecule is CN(C)c1cccc(C(=O)Nc2cc(NC(=O)c3ccc4c(c3)OCO4)cc(C(=O)N[C@@H](Cc3ccccc3)C(=O)O)c2)c1. The normalized spacial score (nSPS) is 12.1. The number of nitrogens with zero attached hydrogens (tertiary/aromatic N) is 1. The lowest BCUT2D eigenvalue weighted by Gasteiger charge is -2.17. The smallest absolute Gasteiger partial charge is 0.326 e. The van der Waals surface area contributed by atoms with Crippen molar-refractivity contribution in [1.29, 1.82) is 0 Å². The third kappa shape index (κ3) is 7.13. The average Bonchev–Trinajstić information content (AvgIpc) is 3.49. The van der Waals surface area contributed by atoms with E-state index in [1.165, 1.54) is 24.3 Å². The van der Waals surface area contributed by atoms with Crippen LogP contribution in [0.4, 0.5) is 17.1 Å². The Hall–Kier alpha value is -5.84. The number of nitrogens with one attached hydrogen (secondary N) is 3. The minimum atomic E-state index is -1.22. The number of ether oxygens (including phenoxy) is 2. The Morgan fingerprint density at radius 3 is 2.05 bits per heavy atom. The van der Waals surface area contributed by atoms with Gasteiger partial charge < -0.3 is 35.4 Å². The van der Waals surface area contributed by atoms with Crippen molar-refractivity contribution in [2.75, 3.05) is 36.4 Å². The maximum atomic E-state index is 13.4. The highest BCUT2D eigenvalue weighted by atomic mass is 16.7. The topological polar surface area (TPSA) is 146 Å². The Morgan fingerprint density at radius 1 is 0.727 bits per heavy atom. The van der Waals surface area contributed by atoms with E-state index in [9.17, 15) is 24.3 Å². The highest BCUT2D eigenvalue weighted by molar-refractivity contribution is 6.08. The van der Waals surface area contributed by atoms with E-state index in [1.807, 2.05) is 31.1 Å². The molecule has 1 heterocycles. The van der Waals surface area contributed by atoms with Gasteiger partial charge >= 0.3 is 5.97 Å². The molecule has 0 aliphatic carbocycles.